The summed E-state index contributed by atoms with van der Waals surface area (Å²) in [6, 6.07) is 5.59. The lowest BCUT2D eigenvalue weighted by atomic mass is 10.1. The molecule has 0 radical (unpaired) electrons. The van der Waals surface area contributed by atoms with Gasteiger partial charge in [0.15, 0.2) is 11.6 Å². The summed E-state index contributed by atoms with van der Waals surface area (Å²) in [6.07, 6.45) is 6.66. The molecule has 1 N–H and O–H groups in total. The Kier molecular flexibility index (Phi) is 4.93. The number of amides is 1. The van der Waals surface area contributed by atoms with Gasteiger partial charge in [0.2, 0.25) is 0 Å². The van der Waals surface area contributed by atoms with E-state index in [1.165, 1.54) is 6.42 Å². The zero-order valence-corrected chi connectivity index (χ0v) is 14.1. The molecule has 0 spiro atoms. The third-order valence-electron chi connectivity index (χ3n) is 4.14. The summed E-state index contributed by atoms with van der Waals surface area (Å²) in [5.74, 6) is 1.13. The number of rotatable bonds is 4. The fourth-order valence-electron chi connectivity index (χ4n) is 2.77. The molecule has 3 heterocycles. The number of nitrogens with one attached hydrogen (secondary N) is 1. The van der Waals surface area contributed by atoms with Crippen LogP contribution in [0, 0.1) is 6.92 Å². The Morgan fingerprint density at radius 2 is 1.96 bits per heavy atom. The average molecular weight is 326 g/mol. The second-order valence-corrected chi connectivity index (χ2v) is 5.94. The Labute approximate surface area is 141 Å². The molecule has 0 saturated carbocycles. The lowest BCUT2D eigenvalue weighted by molar-refractivity contribution is 0.0723. The van der Waals surface area contributed by atoms with Crippen LogP contribution in [0.25, 0.3) is 0 Å². The van der Waals surface area contributed by atoms with Crippen molar-refractivity contribution < 1.29 is 9.53 Å². The summed E-state index contributed by atoms with van der Waals surface area (Å²) in [4.78, 5) is 23.1. The Balaban J connectivity index is 1.79. The molecule has 2 aromatic heterocycles. The molecule has 0 aromatic carbocycles. The first kappa shape index (κ1) is 16.2. The van der Waals surface area contributed by atoms with Crippen molar-refractivity contribution in [2.24, 2.45) is 0 Å². The number of piperidine rings is 1. The van der Waals surface area contributed by atoms with E-state index in [0.29, 0.717) is 17.1 Å². The first-order valence-corrected chi connectivity index (χ1v) is 8.20. The number of ether oxygens (including phenoxy) is 1. The highest BCUT2D eigenvalue weighted by molar-refractivity contribution is 5.94. The van der Waals surface area contributed by atoms with Crippen LogP contribution in [0.15, 0.2) is 30.6 Å². The maximum Gasteiger partial charge on any atom is 0.255 e. The predicted octanol–water partition coefficient (Wildman–Crippen LogP) is 3.16. The van der Waals surface area contributed by atoms with Crippen molar-refractivity contribution in [3.05, 3.63) is 41.9 Å². The van der Waals surface area contributed by atoms with E-state index in [1.807, 2.05) is 24.0 Å². The van der Waals surface area contributed by atoms with Crippen LogP contribution in [0.5, 0.6) is 5.75 Å². The average Bonchev–Trinajstić information content (AvgIpc) is 2.64. The minimum atomic E-state index is 0.0176. The fourth-order valence-corrected chi connectivity index (χ4v) is 2.77. The summed E-state index contributed by atoms with van der Waals surface area (Å²) < 4.78 is 5.40. The standard InChI is InChI=1S/C18H22N4O2/c1-13-6-7-15(12-19-13)21-17-16(24-2)10-14(11-20-17)18(23)22-8-4-3-5-9-22/h6-7,10-12H,3-5,8-9H2,1-2H3,(H,20,21). The normalized spacial score (nSPS) is 14.3. The number of carbonyl (C=O) groups is 1. The first-order valence-electron chi connectivity index (χ1n) is 8.20. The monoisotopic (exact) mass is 326 g/mol. The van der Waals surface area contributed by atoms with Crippen LogP contribution in [0.3, 0.4) is 0 Å². The SMILES string of the molecule is COc1cc(C(=O)N2CCCCC2)cnc1Nc1ccc(C)nc1. The molecular weight excluding hydrogens is 304 g/mol. The predicted molar refractivity (Wildman–Crippen MR) is 92.8 cm³/mol. The third-order valence-corrected chi connectivity index (χ3v) is 4.14. The highest BCUT2D eigenvalue weighted by Crippen LogP contribution is 2.27. The van der Waals surface area contributed by atoms with Crippen molar-refractivity contribution >= 4 is 17.4 Å². The second-order valence-electron chi connectivity index (χ2n) is 5.94. The van der Waals surface area contributed by atoms with Crippen molar-refractivity contribution in [1.82, 2.24) is 14.9 Å². The van der Waals surface area contributed by atoms with Gasteiger partial charge in [-0.3, -0.25) is 9.78 Å². The largest absolute Gasteiger partial charge is 0.493 e. The van der Waals surface area contributed by atoms with Crippen LogP contribution in [-0.2, 0) is 0 Å². The van der Waals surface area contributed by atoms with E-state index < -0.39 is 0 Å². The molecule has 1 aliphatic heterocycles. The number of methoxy groups -OCH3 is 1. The summed E-state index contributed by atoms with van der Waals surface area (Å²) in [5, 5.41) is 3.17. The molecule has 2 aromatic rings. The van der Waals surface area contributed by atoms with E-state index in [4.69, 9.17) is 4.74 Å². The Bertz CT molecular complexity index is 709. The minimum absolute atomic E-state index is 0.0176. The van der Waals surface area contributed by atoms with Crippen LogP contribution in [0.1, 0.15) is 35.3 Å². The number of pyridine rings is 2. The minimum Gasteiger partial charge on any atom is -0.493 e. The van der Waals surface area contributed by atoms with E-state index in [1.54, 1.807) is 25.6 Å². The van der Waals surface area contributed by atoms with Crippen molar-refractivity contribution in [1.29, 1.82) is 0 Å². The summed E-state index contributed by atoms with van der Waals surface area (Å²) >= 11 is 0. The van der Waals surface area contributed by atoms with Crippen LogP contribution in [0.4, 0.5) is 11.5 Å². The second kappa shape index (κ2) is 7.29. The van der Waals surface area contributed by atoms with Gasteiger partial charge in [-0.15, -0.1) is 0 Å². The number of nitrogens with zero attached hydrogens (tertiary/aromatic N) is 3. The van der Waals surface area contributed by atoms with Gasteiger partial charge in [-0.1, -0.05) is 0 Å². The van der Waals surface area contributed by atoms with Crippen molar-refractivity contribution in [2.45, 2.75) is 26.2 Å². The van der Waals surface area contributed by atoms with Gasteiger partial charge >= 0.3 is 0 Å². The highest BCUT2D eigenvalue weighted by Gasteiger charge is 2.20. The van der Waals surface area contributed by atoms with E-state index in [2.05, 4.69) is 15.3 Å². The van der Waals surface area contributed by atoms with Crippen molar-refractivity contribution in [2.75, 3.05) is 25.5 Å². The van der Waals surface area contributed by atoms with Gasteiger partial charge in [-0.25, -0.2) is 4.98 Å². The van der Waals surface area contributed by atoms with Gasteiger partial charge in [0.25, 0.3) is 5.91 Å². The molecule has 1 fully saturated rings. The van der Waals surface area contributed by atoms with Crippen molar-refractivity contribution in [3.8, 4) is 5.75 Å². The number of likely N-dealkylation sites (tertiary alicyclic amines) is 1. The van der Waals surface area contributed by atoms with Crippen LogP contribution in [0.2, 0.25) is 0 Å². The molecular formula is C18H22N4O2. The number of anilines is 2. The molecule has 1 aliphatic rings. The quantitative estimate of drug-likeness (QED) is 0.935. The Morgan fingerprint density at radius 3 is 2.62 bits per heavy atom. The number of hydrogen-bond donors (Lipinski definition) is 1. The molecule has 24 heavy (non-hydrogen) atoms. The van der Waals surface area contributed by atoms with Crippen LogP contribution < -0.4 is 10.1 Å². The van der Waals surface area contributed by atoms with Gasteiger partial charge < -0.3 is 15.0 Å². The summed E-state index contributed by atoms with van der Waals surface area (Å²) in [5.41, 5.74) is 2.32. The van der Waals surface area contributed by atoms with E-state index >= 15 is 0 Å². The fraction of sp³-hybridized carbons (Fsp3) is 0.389. The number of carbonyl (C=O) groups excluding carboxylic acids is 1. The highest BCUT2D eigenvalue weighted by atomic mass is 16.5. The van der Waals surface area contributed by atoms with E-state index in [-0.39, 0.29) is 5.91 Å². The van der Waals surface area contributed by atoms with E-state index in [0.717, 1.165) is 37.3 Å². The van der Waals surface area contributed by atoms with Gasteiger partial charge in [-0.2, -0.15) is 0 Å². The third kappa shape index (κ3) is 3.64. The lowest BCUT2D eigenvalue weighted by Crippen LogP contribution is -2.35. The van der Waals surface area contributed by atoms with Crippen molar-refractivity contribution in [3.63, 3.8) is 0 Å². The summed E-state index contributed by atoms with van der Waals surface area (Å²) in [6.45, 7) is 3.57. The maximum atomic E-state index is 12.6. The Morgan fingerprint density at radius 1 is 1.17 bits per heavy atom. The smallest absolute Gasteiger partial charge is 0.255 e. The molecule has 126 valence electrons. The first-order chi connectivity index (χ1) is 11.7. The molecule has 6 nitrogen and oxygen atoms in total. The number of aromatic nitrogens is 2. The summed E-state index contributed by atoms with van der Waals surface area (Å²) in [7, 11) is 1.57. The van der Waals surface area contributed by atoms with Gasteiger partial charge in [0, 0.05) is 25.0 Å². The number of aryl methyl sites for hydroxylation is 1. The topological polar surface area (TPSA) is 67.3 Å². The molecule has 0 atom stereocenters. The number of hydrogen-bond acceptors (Lipinski definition) is 5. The molecule has 6 heteroatoms. The van der Waals surface area contributed by atoms with Crippen LogP contribution in [-0.4, -0.2) is 41.0 Å². The zero-order chi connectivity index (χ0) is 16.9. The molecule has 0 unspecified atom stereocenters. The molecule has 0 bridgehead atoms. The Hall–Kier alpha value is -2.63. The van der Waals surface area contributed by atoms with E-state index in [9.17, 15) is 4.79 Å². The van der Waals surface area contributed by atoms with Gasteiger partial charge in [-0.05, 0) is 44.4 Å². The van der Waals surface area contributed by atoms with Gasteiger partial charge in [0.05, 0.1) is 24.6 Å². The zero-order valence-electron chi connectivity index (χ0n) is 14.1. The molecule has 1 saturated heterocycles. The van der Waals surface area contributed by atoms with Crippen LogP contribution >= 0.6 is 0 Å². The van der Waals surface area contributed by atoms with Gasteiger partial charge in [0.1, 0.15) is 0 Å². The maximum absolute atomic E-state index is 12.6. The molecule has 0 aliphatic carbocycles. The molecule has 3 rings (SSSR count). The molecule has 1 amide bonds. The lowest BCUT2D eigenvalue weighted by Gasteiger charge is -2.26.